The Labute approximate surface area is 206 Å². The number of rotatable bonds is 8. The van der Waals surface area contributed by atoms with Crippen LogP contribution in [0.5, 0.6) is 5.88 Å². The van der Waals surface area contributed by atoms with Crippen molar-refractivity contribution in [1.29, 1.82) is 0 Å². The molecule has 1 saturated carbocycles. The highest BCUT2D eigenvalue weighted by atomic mass is 32.2. The predicted molar refractivity (Wildman–Crippen MR) is 135 cm³/mol. The van der Waals surface area contributed by atoms with Gasteiger partial charge in [-0.1, -0.05) is 18.3 Å². The molecule has 1 unspecified atom stereocenters. The first-order valence-corrected chi connectivity index (χ1v) is 14.4. The van der Waals surface area contributed by atoms with Crippen LogP contribution in [0.2, 0.25) is 0 Å². The maximum atomic E-state index is 13.3. The lowest BCUT2D eigenvalue weighted by Crippen LogP contribution is -2.37. The van der Waals surface area contributed by atoms with Crippen LogP contribution in [-0.4, -0.2) is 50.8 Å². The number of anilines is 1. The number of ether oxygens (including phenoxy) is 2. The number of hydrogen-bond donors (Lipinski definition) is 2. The third kappa shape index (κ3) is 5.90. The summed E-state index contributed by atoms with van der Waals surface area (Å²) in [7, 11) is -2.33. The summed E-state index contributed by atoms with van der Waals surface area (Å²) in [5.74, 6) is 1.30. The van der Waals surface area contributed by atoms with Crippen LogP contribution in [0.25, 0.3) is 10.4 Å². The molecule has 0 bridgehead atoms. The quantitative estimate of drug-likeness (QED) is 0.537. The van der Waals surface area contributed by atoms with Crippen LogP contribution in [-0.2, 0) is 14.8 Å². The molecule has 1 aliphatic carbocycles. The average molecular weight is 509 g/mol. The van der Waals surface area contributed by atoms with E-state index in [1.807, 2.05) is 6.92 Å². The Kier molecular flexibility index (Phi) is 8.12. The van der Waals surface area contributed by atoms with Crippen molar-refractivity contribution in [2.75, 3.05) is 25.6 Å². The molecule has 34 heavy (non-hydrogen) atoms. The molecular formula is C24H36N4O4S2. The molecule has 0 radical (unpaired) electrons. The lowest BCUT2D eigenvalue weighted by Gasteiger charge is -2.28. The maximum absolute atomic E-state index is 13.3. The number of pyridine rings is 1. The van der Waals surface area contributed by atoms with Gasteiger partial charge < -0.3 is 14.8 Å². The minimum absolute atomic E-state index is 0.0535. The van der Waals surface area contributed by atoms with Crippen molar-refractivity contribution in [2.24, 2.45) is 11.8 Å². The van der Waals surface area contributed by atoms with Crippen molar-refractivity contribution < 1.29 is 17.9 Å². The summed E-state index contributed by atoms with van der Waals surface area (Å²) < 4.78 is 40.3. The first-order valence-electron chi connectivity index (χ1n) is 12.1. The van der Waals surface area contributed by atoms with Crippen LogP contribution in [0.15, 0.2) is 17.2 Å². The number of hydrogen-bond acceptors (Lipinski definition) is 8. The summed E-state index contributed by atoms with van der Waals surface area (Å²) in [5.41, 5.74) is 1.57. The van der Waals surface area contributed by atoms with Crippen LogP contribution in [0.4, 0.5) is 5.13 Å². The van der Waals surface area contributed by atoms with E-state index in [0.717, 1.165) is 73.0 Å². The first kappa shape index (κ1) is 25.3. The second-order valence-corrected chi connectivity index (χ2v) is 12.3. The molecule has 8 nitrogen and oxygen atoms in total. The highest BCUT2D eigenvalue weighted by Crippen LogP contribution is 2.36. The largest absolute Gasteiger partial charge is 0.480 e. The van der Waals surface area contributed by atoms with E-state index in [1.54, 1.807) is 12.3 Å². The molecule has 3 heterocycles. The zero-order chi connectivity index (χ0) is 24.3. The van der Waals surface area contributed by atoms with Gasteiger partial charge in [-0.25, -0.2) is 23.1 Å². The van der Waals surface area contributed by atoms with Crippen molar-refractivity contribution in [1.82, 2.24) is 14.7 Å². The number of sulfonamides is 1. The Balaban J connectivity index is 1.55. The molecule has 0 spiro atoms. The second kappa shape index (κ2) is 10.9. The van der Waals surface area contributed by atoms with E-state index < -0.39 is 10.0 Å². The molecule has 0 aromatic carbocycles. The van der Waals surface area contributed by atoms with Gasteiger partial charge in [-0.15, -0.1) is 0 Å². The zero-order valence-electron chi connectivity index (χ0n) is 20.5. The summed E-state index contributed by atoms with van der Waals surface area (Å²) >= 11 is 1.52. The molecule has 1 saturated heterocycles. The Morgan fingerprint density at radius 1 is 1.18 bits per heavy atom. The van der Waals surface area contributed by atoms with Gasteiger partial charge in [0.1, 0.15) is 4.90 Å². The molecule has 1 aliphatic heterocycles. The van der Waals surface area contributed by atoms with E-state index in [2.05, 4.69) is 28.9 Å². The predicted octanol–water partition coefficient (Wildman–Crippen LogP) is 4.61. The highest BCUT2D eigenvalue weighted by molar-refractivity contribution is 7.89. The Morgan fingerprint density at radius 3 is 2.56 bits per heavy atom. The Hall–Kier alpha value is -1.75. The van der Waals surface area contributed by atoms with E-state index in [-0.39, 0.29) is 22.9 Å². The van der Waals surface area contributed by atoms with E-state index in [9.17, 15) is 8.42 Å². The topological polar surface area (TPSA) is 102 Å². The van der Waals surface area contributed by atoms with Crippen molar-refractivity contribution in [3.63, 3.8) is 0 Å². The van der Waals surface area contributed by atoms with Gasteiger partial charge in [0, 0.05) is 37.1 Å². The van der Waals surface area contributed by atoms with Crippen LogP contribution in [0.1, 0.15) is 58.1 Å². The smallest absolute Gasteiger partial charge is 0.246 e. The highest BCUT2D eigenvalue weighted by Gasteiger charge is 2.28. The molecular weight excluding hydrogens is 472 g/mol. The van der Waals surface area contributed by atoms with E-state index in [1.165, 1.54) is 18.4 Å². The summed E-state index contributed by atoms with van der Waals surface area (Å²) in [6.45, 7) is 7.95. The van der Waals surface area contributed by atoms with Crippen LogP contribution >= 0.6 is 11.3 Å². The van der Waals surface area contributed by atoms with Crippen LogP contribution < -0.4 is 14.8 Å². The van der Waals surface area contributed by atoms with E-state index >= 15 is 0 Å². The summed E-state index contributed by atoms with van der Waals surface area (Å²) in [6, 6.07) is 1.89. The molecule has 0 amide bonds. The minimum atomic E-state index is -3.77. The second-order valence-electron chi connectivity index (χ2n) is 9.63. The summed E-state index contributed by atoms with van der Waals surface area (Å²) in [5, 5.41) is 4.38. The number of aromatic nitrogens is 2. The van der Waals surface area contributed by atoms with E-state index in [4.69, 9.17) is 14.5 Å². The molecule has 4 rings (SSSR count). The number of nitrogens with one attached hydrogen (secondary N) is 2. The molecule has 2 aromatic heterocycles. The number of methoxy groups -OCH3 is 1. The van der Waals surface area contributed by atoms with E-state index in [0.29, 0.717) is 11.8 Å². The molecule has 2 aromatic rings. The number of aryl methyl sites for hydroxylation is 1. The molecule has 2 fully saturated rings. The SMILES string of the molecule is COc1ncc(-c2sc(NC(C)C3CCOCC3)nc2C)cc1S(=O)(=O)NC1CCC(C)CC1. The Bertz CT molecular complexity index is 1070. The van der Waals surface area contributed by atoms with Crippen LogP contribution in [0.3, 0.4) is 0 Å². The van der Waals surface area contributed by atoms with Gasteiger partial charge in [-0.3, -0.25) is 0 Å². The fraction of sp³-hybridized carbons (Fsp3) is 0.667. The monoisotopic (exact) mass is 508 g/mol. The fourth-order valence-electron chi connectivity index (χ4n) is 4.82. The van der Waals surface area contributed by atoms with Crippen LogP contribution in [0, 0.1) is 18.8 Å². The number of thiazole rings is 1. The summed E-state index contributed by atoms with van der Waals surface area (Å²) in [6.07, 6.45) is 7.51. The number of nitrogens with zero attached hydrogens (tertiary/aromatic N) is 2. The molecule has 1 atom stereocenters. The lowest BCUT2D eigenvalue weighted by atomic mass is 9.88. The average Bonchev–Trinajstić information content (AvgIpc) is 3.20. The van der Waals surface area contributed by atoms with Gasteiger partial charge in [0.2, 0.25) is 15.9 Å². The first-order chi connectivity index (χ1) is 16.3. The van der Waals surface area contributed by atoms with Gasteiger partial charge in [0.25, 0.3) is 0 Å². The molecule has 10 heteroatoms. The third-order valence-electron chi connectivity index (χ3n) is 7.02. The fourth-order valence-corrected chi connectivity index (χ4v) is 7.31. The van der Waals surface area contributed by atoms with Crippen molar-refractivity contribution in [3.8, 4) is 16.3 Å². The maximum Gasteiger partial charge on any atom is 0.246 e. The van der Waals surface area contributed by atoms with Gasteiger partial charge >= 0.3 is 0 Å². The van der Waals surface area contributed by atoms with Crippen molar-refractivity contribution in [3.05, 3.63) is 18.0 Å². The summed E-state index contributed by atoms with van der Waals surface area (Å²) in [4.78, 5) is 10.0. The molecule has 2 aliphatic rings. The minimum Gasteiger partial charge on any atom is -0.480 e. The standard InChI is InChI=1S/C24H36N4O4S2/c1-15-5-7-20(8-6-15)28-34(29,30)21-13-19(14-25-23(21)31-4)22-17(3)27-24(33-22)26-16(2)18-9-11-32-12-10-18/h13-16,18,20,28H,5-12H2,1-4H3,(H,26,27). The van der Waals surface area contributed by atoms with Gasteiger partial charge in [0.05, 0.1) is 17.7 Å². The molecule has 2 N–H and O–H groups in total. The van der Waals surface area contributed by atoms with Crippen molar-refractivity contribution >= 4 is 26.5 Å². The van der Waals surface area contributed by atoms with Gasteiger partial charge in [-0.2, -0.15) is 0 Å². The normalized spacial score (nSPS) is 22.9. The lowest BCUT2D eigenvalue weighted by molar-refractivity contribution is 0.0622. The zero-order valence-corrected chi connectivity index (χ0v) is 22.1. The van der Waals surface area contributed by atoms with Gasteiger partial charge in [-0.05, 0) is 70.3 Å². The third-order valence-corrected chi connectivity index (χ3v) is 9.67. The van der Waals surface area contributed by atoms with Crippen molar-refractivity contribution in [2.45, 2.75) is 76.3 Å². The van der Waals surface area contributed by atoms with Gasteiger partial charge in [0.15, 0.2) is 5.13 Å². The molecule has 188 valence electrons. The Morgan fingerprint density at radius 2 is 1.88 bits per heavy atom.